The summed E-state index contributed by atoms with van der Waals surface area (Å²) in [6.07, 6.45) is 0.225. The van der Waals surface area contributed by atoms with Crippen molar-refractivity contribution in [3.63, 3.8) is 0 Å². The normalized spacial score (nSPS) is 10.2. The van der Waals surface area contributed by atoms with Crippen LogP contribution in [0.4, 0.5) is 11.4 Å². The van der Waals surface area contributed by atoms with E-state index in [9.17, 15) is 19.5 Å². The number of carbonyl (C=O) groups is 3. The van der Waals surface area contributed by atoms with E-state index in [0.717, 1.165) is 5.56 Å². The van der Waals surface area contributed by atoms with Gasteiger partial charge in [-0.15, -0.1) is 0 Å². The Hall–Kier alpha value is -3.93. The van der Waals surface area contributed by atoms with E-state index in [1.54, 1.807) is 37.3 Å². The molecule has 0 aliphatic rings. The Balaban J connectivity index is 1.77. The zero-order valence-electron chi connectivity index (χ0n) is 15.8. The number of hydrogen-bond acceptors (Lipinski definition) is 3. The molecule has 0 spiro atoms. The third kappa shape index (κ3) is 4.87. The van der Waals surface area contributed by atoms with Crippen LogP contribution in [0.1, 0.15) is 31.8 Å². The van der Waals surface area contributed by atoms with Crippen LogP contribution in [0.25, 0.3) is 0 Å². The first-order valence-corrected chi connectivity index (χ1v) is 9.03. The van der Waals surface area contributed by atoms with Gasteiger partial charge in [-0.3, -0.25) is 9.59 Å². The van der Waals surface area contributed by atoms with Crippen LogP contribution in [0.5, 0.6) is 0 Å². The fourth-order valence-corrected chi connectivity index (χ4v) is 2.96. The monoisotopic (exact) mass is 388 g/mol. The highest BCUT2D eigenvalue weighted by Crippen LogP contribution is 2.22. The summed E-state index contributed by atoms with van der Waals surface area (Å²) in [7, 11) is 0. The predicted molar refractivity (Wildman–Crippen MR) is 111 cm³/mol. The maximum atomic E-state index is 12.7. The van der Waals surface area contributed by atoms with Gasteiger partial charge in [0, 0.05) is 11.3 Å². The average Bonchev–Trinajstić information content (AvgIpc) is 2.70. The van der Waals surface area contributed by atoms with Gasteiger partial charge in [0.05, 0.1) is 17.7 Å². The lowest BCUT2D eigenvalue weighted by Crippen LogP contribution is -2.19. The van der Waals surface area contributed by atoms with Crippen molar-refractivity contribution in [2.24, 2.45) is 0 Å². The maximum absolute atomic E-state index is 12.7. The van der Waals surface area contributed by atoms with Crippen molar-refractivity contribution in [2.75, 3.05) is 10.6 Å². The van der Waals surface area contributed by atoms with Crippen LogP contribution < -0.4 is 10.6 Å². The van der Waals surface area contributed by atoms with E-state index in [4.69, 9.17) is 0 Å². The van der Waals surface area contributed by atoms with Crippen molar-refractivity contribution in [2.45, 2.75) is 13.3 Å². The summed E-state index contributed by atoms with van der Waals surface area (Å²) < 4.78 is 0. The quantitative estimate of drug-likeness (QED) is 0.592. The Morgan fingerprint density at radius 1 is 0.759 bits per heavy atom. The minimum absolute atomic E-state index is 0.00539. The largest absolute Gasteiger partial charge is 0.478 e. The molecule has 0 bridgehead atoms. The molecule has 0 saturated carbocycles. The van der Waals surface area contributed by atoms with Gasteiger partial charge in [-0.25, -0.2) is 4.79 Å². The molecule has 0 fully saturated rings. The fourth-order valence-electron chi connectivity index (χ4n) is 2.96. The number of nitrogens with one attached hydrogen (secondary N) is 2. The number of rotatable bonds is 6. The molecule has 146 valence electrons. The lowest BCUT2D eigenvalue weighted by atomic mass is 10.0. The van der Waals surface area contributed by atoms with Gasteiger partial charge < -0.3 is 15.7 Å². The van der Waals surface area contributed by atoms with Crippen LogP contribution in [-0.4, -0.2) is 22.9 Å². The van der Waals surface area contributed by atoms with Gasteiger partial charge >= 0.3 is 5.97 Å². The summed E-state index contributed by atoms with van der Waals surface area (Å²) in [5.41, 5.74) is 2.59. The highest BCUT2D eigenvalue weighted by atomic mass is 16.4. The predicted octanol–water partition coefficient (Wildman–Crippen LogP) is 4.13. The molecule has 0 aliphatic carbocycles. The Kier molecular flexibility index (Phi) is 6.04. The second kappa shape index (κ2) is 8.84. The van der Waals surface area contributed by atoms with Crippen molar-refractivity contribution >= 4 is 29.2 Å². The van der Waals surface area contributed by atoms with E-state index < -0.39 is 11.9 Å². The third-order valence-corrected chi connectivity index (χ3v) is 4.47. The van der Waals surface area contributed by atoms with E-state index in [1.165, 1.54) is 12.1 Å². The van der Waals surface area contributed by atoms with Crippen LogP contribution in [-0.2, 0) is 11.2 Å². The topological polar surface area (TPSA) is 95.5 Å². The molecule has 0 heterocycles. The molecule has 0 aliphatic heterocycles. The molecule has 3 N–H and O–H groups in total. The molecule has 3 aromatic rings. The summed E-state index contributed by atoms with van der Waals surface area (Å²) in [5.74, 6) is -1.76. The van der Waals surface area contributed by atoms with Gasteiger partial charge in [0.2, 0.25) is 5.91 Å². The molecule has 3 rings (SSSR count). The smallest absolute Gasteiger partial charge is 0.337 e. The van der Waals surface area contributed by atoms with E-state index in [0.29, 0.717) is 16.8 Å². The molecule has 2 amide bonds. The third-order valence-electron chi connectivity index (χ3n) is 4.47. The zero-order chi connectivity index (χ0) is 20.8. The number of benzene rings is 3. The Labute approximate surface area is 168 Å². The number of carboxylic acid groups (broad SMARTS) is 1. The van der Waals surface area contributed by atoms with Crippen LogP contribution in [0.2, 0.25) is 0 Å². The molecule has 6 heteroatoms. The van der Waals surface area contributed by atoms with Gasteiger partial charge in [-0.05, 0) is 42.3 Å². The Morgan fingerprint density at radius 3 is 2.10 bits per heavy atom. The molecule has 3 aromatic carbocycles. The van der Waals surface area contributed by atoms with Crippen molar-refractivity contribution in [1.82, 2.24) is 0 Å². The maximum Gasteiger partial charge on any atom is 0.337 e. The van der Waals surface area contributed by atoms with E-state index in [1.807, 2.05) is 30.3 Å². The summed E-state index contributed by atoms with van der Waals surface area (Å²) >= 11 is 0. The van der Waals surface area contributed by atoms with E-state index >= 15 is 0 Å². The molecule has 0 atom stereocenters. The Morgan fingerprint density at radius 2 is 1.38 bits per heavy atom. The fraction of sp³-hybridized carbons (Fsp3) is 0.0870. The summed E-state index contributed by atoms with van der Waals surface area (Å²) in [4.78, 5) is 36.4. The molecule has 0 radical (unpaired) electrons. The van der Waals surface area contributed by atoms with Gasteiger partial charge in [0.15, 0.2) is 0 Å². The lowest BCUT2D eigenvalue weighted by Gasteiger charge is -2.14. The summed E-state index contributed by atoms with van der Waals surface area (Å²) in [6, 6.07) is 20.6. The molecular weight excluding hydrogens is 368 g/mol. The minimum Gasteiger partial charge on any atom is -0.478 e. The lowest BCUT2D eigenvalue weighted by molar-refractivity contribution is -0.115. The first kappa shape index (κ1) is 19.8. The number of amides is 2. The number of carboxylic acids is 1. The van der Waals surface area contributed by atoms with Crippen molar-refractivity contribution in [1.29, 1.82) is 0 Å². The molecule has 6 nitrogen and oxygen atoms in total. The number of carbonyl (C=O) groups excluding carboxylic acids is 2. The van der Waals surface area contributed by atoms with E-state index in [-0.39, 0.29) is 23.6 Å². The number of hydrogen-bond donors (Lipinski definition) is 3. The number of para-hydroxylation sites is 1. The SMILES string of the molecule is Cc1c(NC(=O)Cc2ccccc2)cccc1C(=O)Nc1ccccc1C(=O)O. The average molecular weight is 388 g/mol. The summed E-state index contributed by atoms with van der Waals surface area (Å²) in [5, 5.41) is 14.7. The van der Waals surface area contributed by atoms with Gasteiger partial charge in [0.1, 0.15) is 0 Å². The first-order valence-electron chi connectivity index (χ1n) is 9.03. The van der Waals surface area contributed by atoms with Gasteiger partial charge in [-0.2, -0.15) is 0 Å². The minimum atomic E-state index is -1.13. The number of anilines is 2. The number of aromatic carboxylic acids is 1. The summed E-state index contributed by atoms with van der Waals surface area (Å²) in [6.45, 7) is 1.73. The van der Waals surface area contributed by atoms with Gasteiger partial charge in [-0.1, -0.05) is 48.5 Å². The Bertz CT molecular complexity index is 1060. The van der Waals surface area contributed by atoms with Crippen LogP contribution in [0.15, 0.2) is 72.8 Å². The van der Waals surface area contributed by atoms with Crippen molar-refractivity contribution in [3.8, 4) is 0 Å². The second-order valence-corrected chi connectivity index (χ2v) is 6.49. The standard InChI is InChI=1S/C23H20N2O4/c1-15-17(22(27)25-20-12-6-5-10-18(20)23(28)29)11-7-13-19(15)24-21(26)14-16-8-3-2-4-9-16/h2-13H,14H2,1H3,(H,24,26)(H,25,27)(H,28,29). The highest BCUT2D eigenvalue weighted by Gasteiger charge is 2.16. The molecule has 0 saturated heterocycles. The van der Waals surface area contributed by atoms with Crippen LogP contribution in [0.3, 0.4) is 0 Å². The molecule has 0 aromatic heterocycles. The molecule has 0 unspecified atom stereocenters. The van der Waals surface area contributed by atoms with Gasteiger partial charge in [0.25, 0.3) is 5.91 Å². The molecule has 29 heavy (non-hydrogen) atoms. The first-order chi connectivity index (χ1) is 14.0. The second-order valence-electron chi connectivity index (χ2n) is 6.49. The molecular formula is C23H20N2O4. The van der Waals surface area contributed by atoms with Crippen LogP contribution in [0, 0.1) is 6.92 Å². The zero-order valence-corrected chi connectivity index (χ0v) is 15.8. The van der Waals surface area contributed by atoms with Crippen molar-refractivity contribution in [3.05, 3.63) is 95.1 Å². The van der Waals surface area contributed by atoms with E-state index in [2.05, 4.69) is 10.6 Å². The van der Waals surface area contributed by atoms with Crippen molar-refractivity contribution < 1.29 is 19.5 Å². The van der Waals surface area contributed by atoms with Crippen LogP contribution >= 0.6 is 0 Å². The highest BCUT2D eigenvalue weighted by molar-refractivity contribution is 6.09.